The Hall–Kier alpha value is -1.28. The summed E-state index contributed by atoms with van der Waals surface area (Å²) in [5, 5.41) is 13.8. The number of hydrogen-bond donors (Lipinski definition) is 2. The molecule has 8 heteroatoms. The lowest BCUT2D eigenvalue weighted by molar-refractivity contribution is 0.0691. The van der Waals surface area contributed by atoms with Crippen molar-refractivity contribution in [3.05, 3.63) is 16.1 Å². The summed E-state index contributed by atoms with van der Waals surface area (Å²) in [6.45, 7) is 2.44. The highest BCUT2D eigenvalue weighted by Gasteiger charge is 2.15. The Bertz CT molecular complexity index is 465. The zero-order valence-corrected chi connectivity index (χ0v) is 13.4. The molecule has 112 valence electrons. The van der Waals surface area contributed by atoms with E-state index in [9.17, 15) is 9.59 Å². The molecule has 0 bridgehead atoms. The molecule has 1 unspecified atom stereocenters. The van der Waals surface area contributed by atoms with Crippen molar-refractivity contribution in [2.24, 2.45) is 0 Å². The number of carbonyl (C=O) groups excluding carboxylic acids is 1. The summed E-state index contributed by atoms with van der Waals surface area (Å²) in [5.74, 6) is -0.139. The number of nitrogens with one attached hydrogen (secondary N) is 1. The first kappa shape index (κ1) is 16.8. The largest absolute Gasteiger partial charge is 0.476 e. The van der Waals surface area contributed by atoms with Crippen LogP contribution in [0.5, 0.6) is 0 Å². The van der Waals surface area contributed by atoms with Gasteiger partial charge in [0.05, 0.1) is 5.01 Å². The minimum atomic E-state index is -1.03. The minimum Gasteiger partial charge on any atom is -0.476 e. The van der Waals surface area contributed by atoms with Crippen LogP contribution in [0, 0.1) is 0 Å². The van der Waals surface area contributed by atoms with E-state index in [4.69, 9.17) is 5.11 Å². The van der Waals surface area contributed by atoms with Gasteiger partial charge in [0, 0.05) is 37.2 Å². The van der Waals surface area contributed by atoms with E-state index in [1.165, 1.54) is 16.7 Å². The van der Waals surface area contributed by atoms with Gasteiger partial charge in [0.15, 0.2) is 5.69 Å². The molecule has 0 aliphatic rings. The molecule has 20 heavy (non-hydrogen) atoms. The van der Waals surface area contributed by atoms with Crippen molar-refractivity contribution < 1.29 is 14.7 Å². The minimum absolute atomic E-state index is 0.0574. The highest BCUT2D eigenvalue weighted by molar-refractivity contribution is 7.98. The van der Waals surface area contributed by atoms with Gasteiger partial charge in [0.2, 0.25) is 0 Å². The molecule has 1 rings (SSSR count). The van der Waals surface area contributed by atoms with Gasteiger partial charge in [-0.3, -0.25) is 0 Å². The Balaban J connectivity index is 2.35. The van der Waals surface area contributed by atoms with Crippen LogP contribution in [0.3, 0.4) is 0 Å². The van der Waals surface area contributed by atoms with Crippen molar-refractivity contribution >= 4 is 35.1 Å². The first-order valence-electron chi connectivity index (χ1n) is 6.13. The number of aromatic carboxylic acids is 1. The van der Waals surface area contributed by atoms with E-state index in [1.54, 1.807) is 23.7 Å². The van der Waals surface area contributed by atoms with Crippen LogP contribution in [0.1, 0.15) is 22.4 Å². The van der Waals surface area contributed by atoms with E-state index in [0.717, 1.165) is 5.75 Å². The zero-order chi connectivity index (χ0) is 15.1. The van der Waals surface area contributed by atoms with Crippen LogP contribution < -0.4 is 5.32 Å². The summed E-state index contributed by atoms with van der Waals surface area (Å²) in [5.41, 5.74) is 0.0574. The molecule has 2 amide bonds. The third-order valence-corrected chi connectivity index (χ3v) is 4.50. The van der Waals surface area contributed by atoms with Crippen molar-refractivity contribution in [2.75, 3.05) is 25.6 Å². The van der Waals surface area contributed by atoms with Crippen LogP contribution in [0.2, 0.25) is 0 Å². The van der Waals surface area contributed by atoms with Gasteiger partial charge in [-0.25, -0.2) is 14.6 Å². The predicted molar refractivity (Wildman–Crippen MR) is 81.8 cm³/mol. The Morgan fingerprint density at radius 1 is 1.60 bits per heavy atom. The quantitative estimate of drug-likeness (QED) is 0.801. The second kappa shape index (κ2) is 8.11. The number of urea groups is 1. The van der Waals surface area contributed by atoms with Crippen molar-refractivity contribution in [1.82, 2.24) is 15.2 Å². The van der Waals surface area contributed by atoms with Gasteiger partial charge in [-0.05, 0) is 13.2 Å². The summed E-state index contributed by atoms with van der Waals surface area (Å²) in [6.07, 6.45) is 2.54. The molecule has 0 fully saturated rings. The monoisotopic (exact) mass is 317 g/mol. The highest BCUT2D eigenvalue weighted by atomic mass is 32.2. The van der Waals surface area contributed by atoms with E-state index in [-0.39, 0.29) is 17.8 Å². The highest BCUT2D eigenvalue weighted by Crippen LogP contribution is 2.10. The molecular formula is C12H19N3O3S2. The summed E-state index contributed by atoms with van der Waals surface area (Å²) >= 11 is 2.99. The topological polar surface area (TPSA) is 82.5 Å². The average molecular weight is 317 g/mol. The van der Waals surface area contributed by atoms with Crippen LogP contribution in [0.15, 0.2) is 5.38 Å². The van der Waals surface area contributed by atoms with Crippen molar-refractivity contribution in [3.63, 3.8) is 0 Å². The lowest BCUT2D eigenvalue weighted by atomic mass is 10.3. The average Bonchev–Trinajstić information content (AvgIpc) is 2.87. The fourth-order valence-corrected chi connectivity index (χ4v) is 2.96. The zero-order valence-electron chi connectivity index (χ0n) is 11.8. The number of rotatable bonds is 7. The van der Waals surface area contributed by atoms with Crippen LogP contribution in [-0.4, -0.2) is 58.6 Å². The van der Waals surface area contributed by atoms with E-state index >= 15 is 0 Å². The number of thiazole rings is 1. The number of nitrogens with zero attached hydrogens (tertiary/aromatic N) is 2. The summed E-state index contributed by atoms with van der Waals surface area (Å²) in [6, 6.07) is 0.0463. The molecule has 0 aliphatic carbocycles. The number of aromatic nitrogens is 1. The second-order valence-corrected chi connectivity index (χ2v) is 6.18. The third-order valence-electron chi connectivity index (χ3n) is 2.78. The van der Waals surface area contributed by atoms with E-state index in [0.29, 0.717) is 18.0 Å². The first-order valence-corrected chi connectivity index (χ1v) is 8.40. The van der Waals surface area contributed by atoms with Gasteiger partial charge in [-0.1, -0.05) is 0 Å². The number of thioether (sulfide) groups is 1. The molecule has 0 saturated heterocycles. The fourth-order valence-electron chi connectivity index (χ4n) is 1.48. The molecule has 1 aromatic heterocycles. The second-order valence-electron chi connectivity index (χ2n) is 4.33. The van der Waals surface area contributed by atoms with Gasteiger partial charge in [0.1, 0.15) is 0 Å². The lowest BCUT2D eigenvalue weighted by Crippen LogP contribution is -2.43. The molecule has 0 aliphatic heterocycles. The maximum absolute atomic E-state index is 11.9. The Morgan fingerprint density at radius 2 is 2.30 bits per heavy atom. The van der Waals surface area contributed by atoms with E-state index < -0.39 is 5.97 Å². The number of amides is 2. The number of carboxylic acid groups (broad SMARTS) is 1. The molecular weight excluding hydrogens is 298 g/mol. The summed E-state index contributed by atoms with van der Waals surface area (Å²) in [4.78, 5) is 28.2. The first-order chi connectivity index (χ1) is 9.45. The third kappa shape index (κ3) is 5.01. The standard InChI is InChI=1S/C12H19N3O3S2/c1-8(6-19-3)15(2)12(18)13-5-4-10-14-9(7-20-10)11(16)17/h7-8H,4-6H2,1-3H3,(H,13,18)(H,16,17). The van der Waals surface area contributed by atoms with Crippen LogP contribution in [0.4, 0.5) is 4.79 Å². The van der Waals surface area contributed by atoms with Crippen molar-refractivity contribution in [3.8, 4) is 0 Å². The van der Waals surface area contributed by atoms with Gasteiger partial charge < -0.3 is 15.3 Å². The smallest absolute Gasteiger partial charge is 0.355 e. The van der Waals surface area contributed by atoms with Crippen molar-refractivity contribution in [1.29, 1.82) is 0 Å². The molecule has 1 aromatic rings. The Kier molecular flexibility index (Phi) is 6.80. The van der Waals surface area contributed by atoms with Crippen LogP contribution in [0.25, 0.3) is 0 Å². The van der Waals surface area contributed by atoms with Gasteiger partial charge in [0.25, 0.3) is 0 Å². The van der Waals surface area contributed by atoms with Crippen molar-refractivity contribution in [2.45, 2.75) is 19.4 Å². The molecule has 1 heterocycles. The molecule has 0 spiro atoms. The maximum Gasteiger partial charge on any atom is 0.355 e. The molecule has 0 radical (unpaired) electrons. The molecule has 6 nitrogen and oxygen atoms in total. The lowest BCUT2D eigenvalue weighted by Gasteiger charge is -2.24. The molecule has 1 atom stereocenters. The van der Waals surface area contributed by atoms with Gasteiger partial charge in [-0.2, -0.15) is 11.8 Å². The molecule has 2 N–H and O–H groups in total. The molecule has 0 saturated carbocycles. The number of hydrogen-bond acceptors (Lipinski definition) is 5. The Morgan fingerprint density at radius 3 is 2.85 bits per heavy atom. The fraction of sp³-hybridized carbons (Fsp3) is 0.583. The maximum atomic E-state index is 11.9. The van der Waals surface area contributed by atoms with Crippen LogP contribution >= 0.6 is 23.1 Å². The van der Waals surface area contributed by atoms with E-state index in [1.807, 2.05) is 13.2 Å². The van der Waals surface area contributed by atoms with Gasteiger partial charge >= 0.3 is 12.0 Å². The van der Waals surface area contributed by atoms with E-state index in [2.05, 4.69) is 10.3 Å². The summed E-state index contributed by atoms with van der Waals surface area (Å²) < 4.78 is 0. The Labute approximate surface area is 126 Å². The predicted octanol–water partition coefficient (Wildman–Crippen LogP) is 1.78. The number of carbonyl (C=O) groups is 2. The summed E-state index contributed by atoms with van der Waals surface area (Å²) in [7, 11) is 1.77. The number of carboxylic acids is 1. The molecule has 0 aromatic carbocycles. The SMILES string of the molecule is CSCC(C)N(C)C(=O)NCCc1nc(C(=O)O)cs1. The van der Waals surface area contributed by atoms with Crippen LogP contribution in [-0.2, 0) is 6.42 Å². The van der Waals surface area contributed by atoms with Gasteiger partial charge in [-0.15, -0.1) is 11.3 Å². The normalized spacial score (nSPS) is 11.9.